The zero-order valence-electron chi connectivity index (χ0n) is 11.6. The molecule has 0 saturated heterocycles. The topological polar surface area (TPSA) is 86.5 Å². The van der Waals surface area contributed by atoms with Crippen molar-refractivity contribution >= 4 is 5.91 Å². The molecule has 22 heavy (non-hydrogen) atoms. The van der Waals surface area contributed by atoms with Gasteiger partial charge in [0.15, 0.2) is 0 Å². The van der Waals surface area contributed by atoms with Gasteiger partial charge in [-0.05, 0) is 6.42 Å². The first-order valence-electron chi connectivity index (χ1n) is 6.80. The van der Waals surface area contributed by atoms with Gasteiger partial charge in [0, 0.05) is 25.8 Å². The predicted molar refractivity (Wildman–Crippen MR) is 65.5 cm³/mol. The molecule has 1 fully saturated rings. The molecule has 2 rings (SSSR count). The maximum atomic E-state index is 11.9. The van der Waals surface area contributed by atoms with Crippen molar-refractivity contribution in [1.82, 2.24) is 15.5 Å². The van der Waals surface area contributed by atoms with E-state index in [9.17, 15) is 18.0 Å². The standard InChI is InChI=1S/C12H16F3N3O4/c13-12(14,15)22-9-4-8(5-9)20-6-10(19)16-3-1-2-11-18-17-7-21-11/h7-9H,1-6H2,(H,16,19). The number of alkyl halides is 3. The van der Waals surface area contributed by atoms with E-state index in [0.29, 0.717) is 25.3 Å². The molecule has 0 aromatic carbocycles. The van der Waals surface area contributed by atoms with Gasteiger partial charge in [-0.25, -0.2) is 0 Å². The molecule has 0 spiro atoms. The zero-order chi connectivity index (χ0) is 16.0. The van der Waals surface area contributed by atoms with Crippen molar-refractivity contribution in [2.24, 2.45) is 0 Å². The summed E-state index contributed by atoms with van der Waals surface area (Å²) in [7, 11) is 0. The Labute approximate surface area is 124 Å². The first-order chi connectivity index (χ1) is 10.4. The summed E-state index contributed by atoms with van der Waals surface area (Å²) in [4.78, 5) is 11.5. The van der Waals surface area contributed by atoms with E-state index in [0.717, 1.165) is 0 Å². The fourth-order valence-electron chi connectivity index (χ4n) is 1.96. The molecule has 1 N–H and O–H groups in total. The lowest BCUT2D eigenvalue weighted by Gasteiger charge is -2.34. The molecule has 1 aromatic heterocycles. The molecule has 10 heteroatoms. The highest BCUT2D eigenvalue weighted by atomic mass is 19.4. The van der Waals surface area contributed by atoms with Crippen LogP contribution in [0.4, 0.5) is 13.2 Å². The van der Waals surface area contributed by atoms with E-state index in [-0.39, 0.29) is 31.5 Å². The Morgan fingerprint density at radius 3 is 2.82 bits per heavy atom. The number of hydrogen-bond donors (Lipinski definition) is 1. The second-order valence-electron chi connectivity index (χ2n) is 4.88. The number of ether oxygens (including phenoxy) is 2. The molecular weight excluding hydrogens is 307 g/mol. The molecule has 1 heterocycles. The van der Waals surface area contributed by atoms with Gasteiger partial charge < -0.3 is 14.5 Å². The molecular formula is C12H16F3N3O4. The Hall–Kier alpha value is -1.68. The number of aromatic nitrogens is 2. The highest BCUT2D eigenvalue weighted by molar-refractivity contribution is 5.77. The van der Waals surface area contributed by atoms with Crippen LogP contribution in [-0.2, 0) is 20.7 Å². The molecule has 0 unspecified atom stereocenters. The lowest BCUT2D eigenvalue weighted by molar-refractivity contribution is -0.357. The third-order valence-electron chi connectivity index (χ3n) is 3.10. The number of halogens is 3. The van der Waals surface area contributed by atoms with Crippen LogP contribution in [0.25, 0.3) is 0 Å². The summed E-state index contributed by atoms with van der Waals surface area (Å²) in [5, 5.41) is 9.85. The van der Waals surface area contributed by atoms with Crippen molar-refractivity contribution in [3.63, 3.8) is 0 Å². The van der Waals surface area contributed by atoms with Gasteiger partial charge in [-0.15, -0.1) is 23.4 Å². The minimum Gasteiger partial charge on any atom is -0.428 e. The average molecular weight is 323 g/mol. The molecule has 1 aliphatic rings. The van der Waals surface area contributed by atoms with Gasteiger partial charge in [0.1, 0.15) is 6.61 Å². The predicted octanol–water partition coefficient (Wildman–Crippen LogP) is 1.20. The van der Waals surface area contributed by atoms with Gasteiger partial charge >= 0.3 is 6.36 Å². The molecule has 1 saturated carbocycles. The van der Waals surface area contributed by atoms with Gasteiger partial charge in [0.25, 0.3) is 0 Å². The van der Waals surface area contributed by atoms with Crippen molar-refractivity contribution in [2.75, 3.05) is 13.2 Å². The largest absolute Gasteiger partial charge is 0.522 e. The monoisotopic (exact) mass is 323 g/mol. The molecule has 1 amide bonds. The van der Waals surface area contributed by atoms with Crippen LogP contribution in [0.3, 0.4) is 0 Å². The molecule has 1 aromatic rings. The van der Waals surface area contributed by atoms with Crippen molar-refractivity contribution in [3.05, 3.63) is 12.3 Å². The number of rotatable bonds is 8. The lowest BCUT2D eigenvalue weighted by Crippen LogP contribution is -2.42. The Balaban J connectivity index is 1.47. The van der Waals surface area contributed by atoms with E-state index in [1.165, 1.54) is 6.39 Å². The van der Waals surface area contributed by atoms with Crippen LogP contribution in [0.15, 0.2) is 10.8 Å². The lowest BCUT2D eigenvalue weighted by atomic mass is 9.92. The van der Waals surface area contributed by atoms with Crippen LogP contribution >= 0.6 is 0 Å². The fourth-order valence-corrected chi connectivity index (χ4v) is 1.96. The second-order valence-corrected chi connectivity index (χ2v) is 4.88. The van der Waals surface area contributed by atoms with Crippen LogP contribution < -0.4 is 5.32 Å². The maximum Gasteiger partial charge on any atom is 0.522 e. The van der Waals surface area contributed by atoms with Gasteiger partial charge in [0.2, 0.25) is 18.2 Å². The van der Waals surface area contributed by atoms with E-state index in [1.807, 2.05) is 0 Å². The van der Waals surface area contributed by atoms with Gasteiger partial charge in [-0.3, -0.25) is 9.53 Å². The van der Waals surface area contributed by atoms with Gasteiger partial charge in [0.05, 0.1) is 12.2 Å². The van der Waals surface area contributed by atoms with Crippen LogP contribution in [0.2, 0.25) is 0 Å². The van der Waals surface area contributed by atoms with Crippen molar-refractivity contribution in [2.45, 2.75) is 44.3 Å². The number of aryl methyl sites for hydroxylation is 1. The highest BCUT2D eigenvalue weighted by Crippen LogP contribution is 2.31. The van der Waals surface area contributed by atoms with Crippen molar-refractivity contribution < 1.29 is 31.9 Å². The summed E-state index contributed by atoms with van der Waals surface area (Å²) in [6, 6.07) is 0. The van der Waals surface area contributed by atoms with Crippen LogP contribution in [0.1, 0.15) is 25.2 Å². The normalized spacial score (nSPS) is 21.4. The molecule has 124 valence electrons. The van der Waals surface area contributed by atoms with Crippen LogP contribution in [0, 0.1) is 0 Å². The van der Waals surface area contributed by atoms with E-state index >= 15 is 0 Å². The Morgan fingerprint density at radius 1 is 1.41 bits per heavy atom. The Morgan fingerprint density at radius 2 is 2.18 bits per heavy atom. The number of nitrogens with one attached hydrogen (secondary N) is 1. The summed E-state index contributed by atoms with van der Waals surface area (Å²) in [6.07, 6.45) is -3.15. The molecule has 1 aliphatic carbocycles. The van der Waals surface area contributed by atoms with E-state index in [4.69, 9.17) is 9.15 Å². The summed E-state index contributed by atoms with van der Waals surface area (Å²) >= 11 is 0. The zero-order valence-corrected chi connectivity index (χ0v) is 11.6. The van der Waals surface area contributed by atoms with E-state index in [1.54, 1.807) is 0 Å². The van der Waals surface area contributed by atoms with Crippen LogP contribution in [0.5, 0.6) is 0 Å². The third kappa shape index (κ3) is 5.98. The minimum absolute atomic E-state index is 0.143. The smallest absolute Gasteiger partial charge is 0.428 e. The van der Waals surface area contributed by atoms with Crippen LogP contribution in [-0.4, -0.2) is 47.8 Å². The maximum absolute atomic E-state index is 11.9. The summed E-state index contributed by atoms with van der Waals surface area (Å²) in [5.74, 6) is 0.182. The minimum atomic E-state index is -4.62. The molecule has 0 radical (unpaired) electrons. The molecule has 0 aliphatic heterocycles. The van der Waals surface area contributed by atoms with Gasteiger partial charge in [-0.1, -0.05) is 0 Å². The highest BCUT2D eigenvalue weighted by Gasteiger charge is 2.40. The summed E-state index contributed by atoms with van der Waals surface area (Å²) in [6.45, 7) is 0.249. The van der Waals surface area contributed by atoms with Crippen molar-refractivity contribution in [3.8, 4) is 0 Å². The Bertz CT molecular complexity index is 461. The number of carbonyl (C=O) groups excluding carboxylic acids is 1. The Kier molecular flexibility index (Phi) is 5.72. The molecule has 0 bridgehead atoms. The van der Waals surface area contributed by atoms with E-state index in [2.05, 4.69) is 20.3 Å². The fraction of sp³-hybridized carbons (Fsp3) is 0.750. The van der Waals surface area contributed by atoms with E-state index < -0.39 is 12.5 Å². The molecule has 0 atom stereocenters. The second kappa shape index (κ2) is 7.54. The first-order valence-corrected chi connectivity index (χ1v) is 6.80. The SMILES string of the molecule is O=C(COC1CC(OC(F)(F)F)C1)NCCCc1nnco1. The average Bonchev–Trinajstić information content (AvgIpc) is 2.89. The quantitative estimate of drug-likeness (QED) is 0.724. The van der Waals surface area contributed by atoms with Crippen molar-refractivity contribution in [1.29, 1.82) is 0 Å². The molecule has 7 nitrogen and oxygen atoms in total. The first kappa shape index (κ1) is 16.7. The number of amides is 1. The number of carbonyl (C=O) groups is 1. The summed E-state index contributed by atoms with van der Waals surface area (Å²) in [5.41, 5.74) is 0. The number of nitrogens with zero attached hydrogens (tertiary/aromatic N) is 2. The third-order valence-corrected chi connectivity index (χ3v) is 3.10. The summed E-state index contributed by atoms with van der Waals surface area (Å²) < 4.78 is 49.6. The number of hydrogen-bond acceptors (Lipinski definition) is 6. The van der Waals surface area contributed by atoms with Gasteiger partial charge in [-0.2, -0.15) is 0 Å².